The number of anilines is 2. The van der Waals surface area contributed by atoms with Gasteiger partial charge in [-0.3, -0.25) is 19.7 Å². The second kappa shape index (κ2) is 14.6. The van der Waals surface area contributed by atoms with Crippen molar-refractivity contribution in [1.29, 1.82) is 0 Å². The number of carbonyl (C=O) groups excluding carboxylic acids is 3. The number of hydrogen-bond acceptors (Lipinski definition) is 7. The van der Waals surface area contributed by atoms with Gasteiger partial charge in [0, 0.05) is 34.0 Å². The van der Waals surface area contributed by atoms with Crippen LogP contribution < -0.4 is 10.6 Å². The minimum absolute atomic E-state index is 0.166. The highest BCUT2D eigenvalue weighted by Gasteiger charge is 2.22. The summed E-state index contributed by atoms with van der Waals surface area (Å²) in [4.78, 5) is 49.5. The molecule has 2 amide bonds. The Bertz CT molecular complexity index is 1540. The fourth-order valence-electron chi connectivity index (χ4n) is 3.91. The van der Waals surface area contributed by atoms with Crippen LogP contribution in [0.2, 0.25) is 0 Å². The van der Waals surface area contributed by atoms with E-state index in [2.05, 4.69) is 10.6 Å². The summed E-state index contributed by atoms with van der Waals surface area (Å²) in [5.41, 5.74) is 2.27. The molecule has 2 N–H and O–H groups in total. The molecule has 0 spiro atoms. The predicted octanol–water partition coefficient (Wildman–Crippen LogP) is 7.28. The van der Waals surface area contributed by atoms with Crippen molar-refractivity contribution in [2.75, 3.05) is 17.2 Å². The summed E-state index contributed by atoms with van der Waals surface area (Å²) in [6, 6.07) is 28.4. The molecule has 10 heteroatoms. The summed E-state index contributed by atoms with van der Waals surface area (Å²) in [5, 5.41) is 16.1. The molecule has 4 rings (SSSR count). The molecule has 4 aromatic carbocycles. The number of amides is 2. The first-order valence-electron chi connectivity index (χ1n) is 13.3. The van der Waals surface area contributed by atoms with Crippen LogP contribution in [0.4, 0.5) is 17.1 Å². The van der Waals surface area contributed by atoms with Gasteiger partial charge in [0.25, 0.3) is 11.6 Å². The summed E-state index contributed by atoms with van der Waals surface area (Å²) >= 11 is 1.34. The highest BCUT2D eigenvalue weighted by molar-refractivity contribution is 8.00. The standard InChI is InChI=1S/C32H29N3O6S/c1-2-3-20-41-32(38)23-12-14-25(15-13-23)34-31(37)29(22-8-5-4-6-9-22)42-28-18-16-26(17-19-28)33-30(36)24-10-7-11-27(21-24)35(39)40/h4-19,21,29H,2-3,20H2,1H3,(H,33,36)(H,34,37). The van der Waals surface area contributed by atoms with Gasteiger partial charge in [0.2, 0.25) is 5.91 Å². The fraction of sp³-hybridized carbons (Fsp3) is 0.156. The molecule has 214 valence electrons. The Hall–Kier alpha value is -4.96. The molecule has 0 radical (unpaired) electrons. The van der Waals surface area contributed by atoms with Crippen LogP contribution in [-0.4, -0.2) is 29.3 Å². The van der Waals surface area contributed by atoms with E-state index >= 15 is 0 Å². The van der Waals surface area contributed by atoms with Gasteiger partial charge in [-0.25, -0.2) is 4.79 Å². The van der Waals surface area contributed by atoms with Crippen LogP contribution in [0.25, 0.3) is 0 Å². The van der Waals surface area contributed by atoms with Gasteiger partial charge in [0.15, 0.2) is 0 Å². The molecule has 9 nitrogen and oxygen atoms in total. The van der Waals surface area contributed by atoms with Crippen molar-refractivity contribution < 1.29 is 24.0 Å². The summed E-state index contributed by atoms with van der Waals surface area (Å²) in [7, 11) is 0. The van der Waals surface area contributed by atoms with E-state index in [1.807, 2.05) is 37.3 Å². The number of nitro groups is 1. The fourth-order valence-corrected chi connectivity index (χ4v) is 4.93. The number of carbonyl (C=O) groups is 3. The first-order valence-corrected chi connectivity index (χ1v) is 14.2. The molecule has 0 aliphatic carbocycles. The molecule has 1 atom stereocenters. The van der Waals surface area contributed by atoms with Gasteiger partial charge in [0.05, 0.1) is 17.1 Å². The molecule has 0 fully saturated rings. The molecule has 0 aliphatic rings. The number of esters is 1. The predicted molar refractivity (Wildman–Crippen MR) is 163 cm³/mol. The van der Waals surface area contributed by atoms with E-state index in [9.17, 15) is 24.5 Å². The Labute approximate surface area is 247 Å². The first kappa shape index (κ1) is 30.0. The van der Waals surface area contributed by atoms with Crippen LogP contribution in [0.3, 0.4) is 0 Å². The number of hydrogen-bond donors (Lipinski definition) is 2. The third-order valence-corrected chi connectivity index (χ3v) is 7.41. The van der Waals surface area contributed by atoms with Crippen molar-refractivity contribution in [1.82, 2.24) is 0 Å². The molecule has 1 unspecified atom stereocenters. The van der Waals surface area contributed by atoms with Gasteiger partial charge < -0.3 is 15.4 Å². The van der Waals surface area contributed by atoms with Crippen molar-refractivity contribution in [2.45, 2.75) is 29.9 Å². The Morgan fingerprint density at radius 3 is 2.17 bits per heavy atom. The lowest BCUT2D eigenvalue weighted by Crippen LogP contribution is -2.19. The molecule has 0 saturated carbocycles. The first-order chi connectivity index (χ1) is 20.3. The molecule has 42 heavy (non-hydrogen) atoms. The average Bonchev–Trinajstić information content (AvgIpc) is 3.01. The Kier molecular flexibility index (Phi) is 10.4. The normalized spacial score (nSPS) is 11.3. The number of nitro benzene ring substituents is 1. The van der Waals surface area contributed by atoms with E-state index in [1.54, 1.807) is 48.5 Å². The number of unbranched alkanes of at least 4 members (excludes halogenated alkanes) is 1. The Morgan fingerprint density at radius 1 is 0.833 bits per heavy atom. The third-order valence-electron chi connectivity index (χ3n) is 6.14. The van der Waals surface area contributed by atoms with Crippen molar-refractivity contribution in [2.24, 2.45) is 0 Å². The zero-order valence-corrected chi connectivity index (χ0v) is 23.6. The molecular weight excluding hydrogens is 554 g/mol. The monoisotopic (exact) mass is 583 g/mol. The van der Waals surface area contributed by atoms with E-state index in [1.165, 1.54) is 36.0 Å². The lowest BCUT2D eigenvalue weighted by molar-refractivity contribution is -0.384. The maximum absolute atomic E-state index is 13.4. The summed E-state index contributed by atoms with van der Waals surface area (Å²) in [6.45, 7) is 2.39. The molecular formula is C32H29N3O6S. The smallest absolute Gasteiger partial charge is 0.338 e. The van der Waals surface area contributed by atoms with Gasteiger partial charge in [-0.15, -0.1) is 11.8 Å². The van der Waals surface area contributed by atoms with Crippen molar-refractivity contribution >= 4 is 46.6 Å². The van der Waals surface area contributed by atoms with Crippen molar-refractivity contribution in [3.63, 3.8) is 0 Å². The minimum Gasteiger partial charge on any atom is -0.462 e. The quantitative estimate of drug-likeness (QED) is 0.0590. The summed E-state index contributed by atoms with van der Waals surface area (Å²) in [6.07, 6.45) is 1.73. The van der Waals surface area contributed by atoms with E-state index in [4.69, 9.17) is 4.74 Å². The van der Waals surface area contributed by atoms with Crippen LogP contribution in [0, 0.1) is 10.1 Å². The van der Waals surface area contributed by atoms with Gasteiger partial charge in [-0.05, 0) is 66.6 Å². The lowest BCUT2D eigenvalue weighted by atomic mass is 10.1. The summed E-state index contributed by atoms with van der Waals surface area (Å²) in [5.74, 6) is -1.11. The van der Waals surface area contributed by atoms with E-state index in [-0.39, 0.29) is 17.2 Å². The van der Waals surface area contributed by atoms with Gasteiger partial charge in [-0.1, -0.05) is 49.7 Å². The lowest BCUT2D eigenvalue weighted by Gasteiger charge is -2.17. The number of nitrogens with zero attached hydrogens (tertiary/aromatic N) is 1. The average molecular weight is 584 g/mol. The van der Waals surface area contributed by atoms with Crippen LogP contribution in [0.1, 0.15) is 51.3 Å². The van der Waals surface area contributed by atoms with Crippen LogP contribution in [0.5, 0.6) is 0 Å². The molecule has 0 aromatic heterocycles. The largest absolute Gasteiger partial charge is 0.462 e. The Morgan fingerprint density at radius 2 is 1.50 bits per heavy atom. The number of thioether (sulfide) groups is 1. The van der Waals surface area contributed by atoms with Gasteiger partial charge in [0.1, 0.15) is 5.25 Å². The van der Waals surface area contributed by atoms with Gasteiger partial charge >= 0.3 is 5.97 Å². The molecule has 4 aromatic rings. The van der Waals surface area contributed by atoms with Crippen molar-refractivity contribution in [3.05, 3.63) is 130 Å². The highest BCUT2D eigenvalue weighted by Crippen LogP contribution is 2.37. The van der Waals surface area contributed by atoms with E-state index < -0.39 is 22.0 Å². The second-order valence-corrected chi connectivity index (χ2v) is 10.4. The van der Waals surface area contributed by atoms with Crippen molar-refractivity contribution in [3.8, 4) is 0 Å². The van der Waals surface area contributed by atoms with Gasteiger partial charge in [-0.2, -0.15) is 0 Å². The zero-order chi connectivity index (χ0) is 29.9. The van der Waals surface area contributed by atoms with E-state index in [0.29, 0.717) is 23.5 Å². The Balaban J connectivity index is 1.43. The SMILES string of the molecule is CCCCOC(=O)c1ccc(NC(=O)C(Sc2ccc(NC(=O)c3cccc([N+](=O)[O-])c3)cc2)c2ccccc2)cc1. The van der Waals surface area contributed by atoms with Crippen LogP contribution >= 0.6 is 11.8 Å². The van der Waals surface area contributed by atoms with Crippen LogP contribution in [0.15, 0.2) is 108 Å². The number of benzene rings is 4. The number of nitrogens with one attached hydrogen (secondary N) is 2. The maximum Gasteiger partial charge on any atom is 0.338 e. The molecule has 0 saturated heterocycles. The molecule has 0 aliphatic heterocycles. The number of rotatable bonds is 12. The third kappa shape index (κ3) is 8.28. The van der Waals surface area contributed by atoms with E-state index in [0.717, 1.165) is 23.3 Å². The summed E-state index contributed by atoms with van der Waals surface area (Å²) < 4.78 is 5.24. The molecule has 0 bridgehead atoms. The minimum atomic E-state index is -0.588. The highest BCUT2D eigenvalue weighted by atomic mass is 32.2. The topological polar surface area (TPSA) is 128 Å². The number of ether oxygens (including phenoxy) is 1. The van der Waals surface area contributed by atoms with Crippen LogP contribution in [-0.2, 0) is 9.53 Å². The zero-order valence-electron chi connectivity index (χ0n) is 22.8. The second-order valence-electron chi connectivity index (χ2n) is 9.25. The number of non-ortho nitro benzene ring substituents is 1. The maximum atomic E-state index is 13.4. The molecule has 0 heterocycles.